The van der Waals surface area contributed by atoms with E-state index in [1.165, 1.54) is 36.4 Å². The van der Waals surface area contributed by atoms with Gasteiger partial charge in [0.1, 0.15) is 12.4 Å². The molecule has 0 aromatic heterocycles. The molecule has 0 atom stereocenters. The minimum atomic E-state index is -0.461. The molecule has 0 N–H and O–H groups in total. The molecule has 0 bridgehead atoms. The summed E-state index contributed by atoms with van der Waals surface area (Å²) in [5.41, 5.74) is 2.05. The fourth-order valence-electron chi connectivity index (χ4n) is 3.50. The third-order valence-corrected chi connectivity index (χ3v) is 7.00. The van der Waals surface area contributed by atoms with E-state index in [-0.39, 0.29) is 23.7 Å². The van der Waals surface area contributed by atoms with Crippen LogP contribution in [0.2, 0.25) is 0 Å². The lowest BCUT2D eigenvalue weighted by molar-refractivity contribution is -0.384. The number of hydrogen-bond acceptors (Lipinski definition) is 7. The van der Waals surface area contributed by atoms with E-state index in [1.807, 2.05) is 13.0 Å². The van der Waals surface area contributed by atoms with Crippen molar-refractivity contribution in [2.24, 2.45) is 0 Å². The number of nitro groups is 1. The van der Waals surface area contributed by atoms with Gasteiger partial charge in [0, 0.05) is 12.1 Å². The fraction of sp³-hybridized carbons (Fsp3) is 0.154. The highest BCUT2D eigenvalue weighted by Crippen LogP contribution is 2.38. The van der Waals surface area contributed by atoms with Gasteiger partial charge in [0.25, 0.3) is 16.8 Å². The van der Waals surface area contributed by atoms with Gasteiger partial charge in [0.05, 0.1) is 26.6 Å². The molecule has 3 aromatic carbocycles. The van der Waals surface area contributed by atoms with E-state index in [1.54, 1.807) is 24.3 Å². The number of carbonyl (C=O) groups excluding carboxylic acids is 2. The van der Waals surface area contributed by atoms with Gasteiger partial charge in [-0.25, -0.2) is 4.39 Å². The molecule has 0 unspecified atom stereocenters. The topological polar surface area (TPSA) is 99.0 Å². The zero-order valence-corrected chi connectivity index (χ0v) is 22.5. The maximum atomic E-state index is 13.2. The Balaban J connectivity index is 1.52. The lowest BCUT2D eigenvalue weighted by atomic mass is 10.1. The van der Waals surface area contributed by atoms with Gasteiger partial charge >= 0.3 is 0 Å². The lowest BCUT2D eigenvalue weighted by Crippen LogP contribution is -2.27. The highest BCUT2D eigenvalue weighted by atomic mass is 127. The second-order valence-corrected chi connectivity index (χ2v) is 10.0. The summed E-state index contributed by atoms with van der Waals surface area (Å²) < 4.78 is 25.7. The first kappa shape index (κ1) is 26.6. The minimum absolute atomic E-state index is 0.000214. The largest absolute Gasteiger partial charge is 0.490 e. The standard InChI is InChI=1S/C26H20FIN2O6S/c1-2-35-22-12-18(11-21(28)24(22)36-15-17-5-9-20(10-6-17)30(33)34)13-23-25(31)29(26(32)37-23)14-16-3-7-19(27)8-4-16/h3-13H,2,14-15H2,1H3/b23-13-. The summed E-state index contributed by atoms with van der Waals surface area (Å²) in [6, 6.07) is 15.3. The van der Waals surface area contributed by atoms with Crippen LogP contribution in [0.15, 0.2) is 65.6 Å². The number of nitrogens with zero attached hydrogens (tertiary/aromatic N) is 2. The molecule has 8 nitrogen and oxygen atoms in total. The van der Waals surface area contributed by atoms with Gasteiger partial charge < -0.3 is 9.47 Å². The molecule has 3 aromatic rings. The molecular formula is C26H20FIN2O6S. The SMILES string of the molecule is CCOc1cc(/C=C2\SC(=O)N(Cc3ccc(F)cc3)C2=O)cc(I)c1OCc1ccc([N+](=O)[O-])cc1. The highest BCUT2D eigenvalue weighted by molar-refractivity contribution is 14.1. The Labute approximate surface area is 229 Å². The van der Waals surface area contributed by atoms with E-state index in [0.717, 1.165) is 25.8 Å². The Morgan fingerprint density at radius 3 is 2.38 bits per heavy atom. The highest BCUT2D eigenvalue weighted by Gasteiger charge is 2.35. The first-order valence-electron chi connectivity index (χ1n) is 11.1. The van der Waals surface area contributed by atoms with Crippen LogP contribution in [0.3, 0.4) is 0 Å². The number of benzene rings is 3. The van der Waals surface area contributed by atoms with Crippen molar-refractivity contribution in [1.29, 1.82) is 0 Å². The van der Waals surface area contributed by atoms with Crippen molar-refractivity contribution < 1.29 is 28.4 Å². The molecule has 11 heteroatoms. The van der Waals surface area contributed by atoms with Crippen molar-refractivity contribution >= 4 is 57.3 Å². The monoisotopic (exact) mass is 634 g/mol. The van der Waals surface area contributed by atoms with Crippen LogP contribution < -0.4 is 9.47 Å². The zero-order chi connectivity index (χ0) is 26.5. The number of hydrogen-bond donors (Lipinski definition) is 0. The van der Waals surface area contributed by atoms with Crippen LogP contribution in [0, 0.1) is 19.5 Å². The molecule has 2 amide bonds. The molecule has 1 aliphatic rings. The van der Waals surface area contributed by atoms with E-state index >= 15 is 0 Å². The average Bonchev–Trinajstić information content (AvgIpc) is 3.12. The van der Waals surface area contributed by atoms with Crippen LogP contribution in [-0.4, -0.2) is 27.6 Å². The number of amides is 2. The zero-order valence-electron chi connectivity index (χ0n) is 19.5. The predicted molar refractivity (Wildman–Crippen MR) is 146 cm³/mol. The minimum Gasteiger partial charge on any atom is -0.490 e. The van der Waals surface area contributed by atoms with E-state index in [4.69, 9.17) is 9.47 Å². The second kappa shape index (κ2) is 11.7. The van der Waals surface area contributed by atoms with E-state index in [9.17, 15) is 24.1 Å². The van der Waals surface area contributed by atoms with Gasteiger partial charge in [-0.3, -0.25) is 24.6 Å². The molecule has 190 valence electrons. The lowest BCUT2D eigenvalue weighted by Gasteiger charge is -2.15. The molecule has 0 spiro atoms. The normalized spacial score (nSPS) is 14.4. The van der Waals surface area contributed by atoms with Gasteiger partial charge in [-0.2, -0.15) is 0 Å². The molecule has 1 heterocycles. The fourth-order valence-corrected chi connectivity index (χ4v) is 5.12. The summed E-state index contributed by atoms with van der Waals surface area (Å²) >= 11 is 2.94. The Morgan fingerprint density at radius 1 is 1.05 bits per heavy atom. The number of rotatable bonds is 9. The predicted octanol–water partition coefficient (Wildman–Crippen LogP) is 6.55. The Morgan fingerprint density at radius 2 is 1.73 bits per heavy atom. The molecule has 0 radical (unpaired) electrons. The van der Waals surface area contributed by atoms with E-state index < -0.39 is 21.9 Å². The van der Waals surface area contributed by atoms with Crippen LogP contribution in [0.1, 0.15) is 23.6 Å². The van der Waals surface area contributed by atoms with Crippen LogP contribution in [0.25, 0.3) is 6.08 Å². The number of halogens is 2. The Kier molecular flexibility index (Phi) is 8.44. The van der Waals surface area contributed by atoms with Crippen molar-refractivity contribution in [2.75, 3.05) is 6.61 Å². The maximum absolute atomic E-state index is 13.2. The molecule has 0 saturated carbocycles. The van der Waals surface area contributed by atoms with Crippen LogP contribution in [0.4, 0.5) is 14.9 Å². The number of non-ortho nitro benzene ring substituents is 1. The molecule has 0 aliphatic carbocycles. The molecule has 1 aliphatic heterocycles. The smallest absolute Gasteiger partial charge is 0.293 e. The molecule has 1 saturated heterocycles. The van der Waals surface area contributed by atoms with Crippen LogP contribution in [0.5, 0.6) is 11.5 Å². The van der Waals surface area contributed by atoms with Gasteiger partial charge in [-0.15, -0.1) is 0 Å². The quantitative estimate of drug-likeness (QED) is 0.114. The van der Waals surface area contributed by atoms with Crippen molar-refractivity contribution in [1.82, 2.24) is 4.90 Å². The summed E-state index contributed by atoms with van der Waals surface area (Å²) in [7, 11) is 0. The second-order valence-electron chi connectivity index (χ2n) is 7.87. The van der Waals surface area contributed by atoms with E-state index in [2.05, 4.69) is 22.6 Å². The first-order valence-corrected chi connectivity index (χ1v) is 13.0. The van der Waals surface area contributed by atoms with Gasteiger partial charge in [0.2, 0.25) is 0 Å². The Bertz CT molecular complexity index is 1380. The molecule has 4 rings (SSSR count). The number of ether oxygens (including phenoxy) is 2. The Hall–Kier alpha value is -3.45. The molecule has 37 heavy (non-hydrogen) atoms. The van der Waals surface area contributed by atoms with Crippen molar-refractivity contribution in [2.45, 2.75) is 20.1 Å². The van der Waals surface area contributed by atoms with Crippen molar-refractivity contribution in [3.8, 4) is 11.5 Å². The van der Waals surface area contributed by atoms with Crippen LogP contribution >= 0.6 is 34.4 Å². The summed E-state index contributed by atoms with van der Waals surface area (Å²) in [5.74, 6) is 0.152. The molecule has 1 fully saturated rings. The summed E-state index contributed by atoms with van der Waals surface area (Å²) in [5, 5.41) is 10.5. The number of thioether (sulfide) groups is 1. The van der Waals surface area contributed by atoms with Crippen LogP contribution in [-0.2, 0) is 17.9 Å². The van der Waals surface area contributed by atoms with Gasteiger partial charge in [-0.05, 0) is 100 Å². The van der Waals surface area contributed by atoms with E-state index in [0.29, 0.717) is 29.2 Å². The van der Waals surface area contributed by atoms with Gasteiger partial charge in [-0.1, -0.05) is 12.1 Å². The first-order chi connectivity index (χ1) is 17.7. The summed E-state index contributed by atoms with van der Waals surface area (Å²) in [4.78, 5) is 37.2. The summed E-state index contributed by atoms with van der Waals surface area (Å²) in [6.07, 6.45) is 1.63. The maximum Gasteiger partial charge on any atom is 0.293 e. The average molecular weight is 634 g/mol. The van der Waals surface area contributed by atoms with Crippen molar-refractivity contribution in [3.63, 3.8) is 0 Å². The number of carbonyl (C=O) groups is 2. The third-order valence-electron chi connectivity index (χ3n) is 5.29. The number of imide groups is 1. The molecular weight excluding hydrogens is 614 g/mol. The van der Waals surface area contributed by atoms with Crippen molar-refractivity contribution in [3.05, 3.63) is 102 Å². The third kappa shape index (κ3) is 6.46. The number of nitro benzene ring substituents is 1. The van der Waals surface area contributed by atoms with Gasteiger partial charge in [0.15, 0.2) is 11.5 Å². The summed E-state index contributed by atoms with van der Waals surface area (Å²) in [6.45, 7) is 2.44.